The molecule has 2 N–H and O–H groups in total. The van der Waals surface area contributed by atoms with E-state index in [2.05, 4.69) is 10.6 Å². The van der Waals surface area contributed by atoms with Crippen molar-refractivity contribution in [2.45, 2.75) is 13.3 Å². The predicted molar refractivity (Wildman–Crippen MR) is 39.9 cm³/mol. The van der Waals surface area contributed by atoms with Crippen LogP contribution in [0.5, 0.6) is 0 Å². The van der Waals surface area contributed by atoms with Gasteiger partial charge in [-0.2, -0.15) is 0 Å². The van der Waals surface area contributed by atoms with Crippen molar-refractivity contribution in [3.8, 4) is 0 Å². The van der Waals surface area contributed by atoms with E-state index >= 15 is 0 Å². The Morgan fingerprint density at radius 1 is 1.58 bits per heavy atom. The summed E-state index contributed by atoms with van der Waals surface area (Å²) in [5.74, 6) is -1.92. The Morgan fingerprint density at radius 3 is 2.67 bits per heavy atom. The summed E-state index contributed by atoms with van der Waals surface area (Å²) in [5.41, 5.74) is 0. The van der Waals surface area contributed by atoms with Gasteiger partial charge >= 0.3 is 0 Å². The van der Waals surface area contributed by atoms with Crippen LogP contribution in [0.25, 0.3) is 0 Å². The van der Waals surface area contributed by atoms with Crippen molar-refractivity contribution in [1.29, 1.82) is 0 Å². The van der Waals surface area contributed by atoms with Gasteiger partial charge in [-0.15, -0.1) is 0 Å². The van der Waals surface area contributed by atoms with Gasteiger partial charge in [-0.05, 0) is 6.42 Å². The number of carbonyl (C=O) groups is 3. The molecule has 1 saturated heterocycles. The average Bonchev–Trinajstić information content (AvgIpc) is 2.33. The van der Waals surface area contributed by atoms with E-state index in [1.54, 1.807) is 0 Å². The van der Waals surface area contributed by atoms with Gasteiger partial charge in [0.1, 0.15) is 5.92 Å². The molecule has 0 aliphatic carbocycles. The zero-order chi connectivity index (χ0) is 9.14. The summed E-state index contributed by atoms with van der Waals surface area (Å²) in [6.07, 6.45) is 0.470. The Bertz CT molecular complexity index is 237. The van der Waals surface area contributed by atoms with Gasteiger partial charge in [0.25, 0.3) is 0 Å². The molecule has 0 bridgehead atoms. The lowest BCUT2D eigenvalue weighted by Gasteiger charge is -2.04. The highest BCUT2D eigenvalue weighted by Gasteiger charge is 2.31. The number of hydrogen-bond acceptors (Lipinski definition) is 3. The van der Waals surface area contributed by atoms with E-state index in [0.717, 1.165) is 0 Å². The van der Waals surface area contributed by atoms with E-state index in [0.29, 0.717) is 13.0 Å². The van der Waals surface area contributed by atoms with Crippen LogP contribution < -0.4 is 10.6 Å². The van der Waals surface area contributed by atoms with Crippen LogP contribution in [0.4, 0.5) is 0 Å². The molecule has 1 aliphatic heterocycles. The van der Waals surface area contributed by atoms with Crippen LogP contribution in [0.3, 0.4) is 0 Å². The lowest BCUT2D eigenvalue weighted by atomic mass is 10.1. The minimum absolute atomic E-state index is 0.297. The summed E-state index contributed by atoms with van der Waals surface area (Å²) in [6.45, 7) is 1.75. The molecule has 0 spiro atoms. The molecule has 0 aromatic carbocycles. The van der Waals surface area contributed by atoms with Gasteiger partial charge in [0.15, 0.2) is 0 Å². The van der Waals surface area contributed by atoms with E-state index in [-0.39, 0.29) is 5.91 Å². The number of rotatable bonds is 1. The van der Waals surface area contributed by atoms with Crippen molar-refractivity contribution < 1.29 is 14.4 Å². The average molecular weight is 170 g/mol. The minimum atomic E-state index is -0.686. The van der Waals surface area contributed by atoms with Gasteiger partial charge in [0.2, 0.25) is 17.7 Å². The maximum atomic E-state index is 11.1. The number of carbonyl (C=O) groups excluding carboxylic acids is 3. The first kappa shape index (κ1) is 8.70. The van der Waals surface area contributed by atoms with Gasteiger partial charge in [0, 0.05) is 13.5 Å². The fourth-order valence-corrected chi connectivity index (χ4v) is 1.10. The lowest BCUT2D eigenvalue weighted by molar-refractivity contribution is -0.135. The summed E-state index contributed by atoms with van der Waals surface area (Å²) < 4.78 is 0. The predicted octanol–water partition coefficient (Wildman–Crippen LogP) is -1.21. The number of hydrogen-bond donors (Lipinski definition) is 2. The number of amides is 3. The first-order valence-electron chi connectivity index (χ1n) is 3.70. The van der Waals surface area contributed by atoms with Crippen molar-refractivity contribution in [3.63, 3.8) is 0 Å². The monoisotopic (exact) mass is 170 g/mol. The molecule has 1 heterocycles. The molecule has 1 fully saturated rings. The van der Waals surface area contributed by atoms with Crippen LogP contribution in [0, 0.1) is 5.92 Å². The molecule has 1 rings (SSSR count). The Balaban J connectivity index is 2.52. The largest absolute Gasteiger partial charge is 0.355 e. The normalized spacial score (nSPS) is 21.8. The van der Waals surface area contributed by atoms with Crippen LogP contribution in [0.2, 0.25) is 0 Å². The van der Waals surface area contributed by atoms with Crippen molar-refractivity contribution in [3.05, 3.63) is 0 Å². The van der Waals surface area contributed by atoms with Crippen molar-refractivity contribution >= 4 is 17.7 Å². The van der Waals surface area contributed by atoms with Gasteiger partial charge in [-0.1, -0.05) is 0 Å². The van der Waals surface area contributed by atoms with E-state index in [1.165, 1.54) is 6.92 Å². The highest BCUT2D eigenvalue weighted by atomic mass is 16.2. The van der Waals surface area contributed by atoms with Crippen molar-refractivity contribution in [2.75, 3.05) is 6.54 Å². The summed E-state index contributed by atoms with van der Waals surface area (Å²) in [6, 6.07) is 0. The Labute approximate surface area is 69.5 Å². The Morgan fingerprint density at radius 2 is 2.25 bits per heavy atom. The topological polar surface area (TPSA) is 75.3 Å². The summed E-state index contributed by atoms with van der Waals surface area (Å²) >= 11 is 0. The van der Waals surface area contributed by atoms with Crippen LogP contribution in [-0.2, 0) is 14.4 Å². The highest BCUT2D eigenvalue weighted by molar-refractivity contribution is 6.06. The van der Waals surface area contributed by atoms with Gasteiger partial charge in [-0.3, -0.25) is 19.7 Å². The van der Waals surface area contributed by atoms with Crippen LogP contribution >= 0.6 is 0 Å². The maximum absolute atomic E-state index is 11.1. The molecule has 0 aromatic rings. The van der Waals surface area contributed by atoms with Crippen LogP contribution in [0.15, 0.2) is 0 Å². The number of nitrogens with one attached hydrogen (secondary N) is 2. The molecular weight excluding hydrogens is 160 g/mol. The van der Waals surface area contributed by atoms with Gasteiger partial charge in [-0.25, -0.2) is 0 Å². The minimum Gasteiger partial charge on any atom is -0.355 e. The fourth-order valence-electron chi connectivity index (χ4n) is 1.10. The van der Waals surface area contributed by atoms with Gasteiger partial charge in [0.05, 0.1) is 0 Å². The van der Waals surface area contributed by atoms with Crippen molar-refractivity contribution in [2.24, 2.45) is 5.92 Å². The van der Waals surface area contributed by atoms with Crippen molar-refractivity contribution in [1.82, 2.24) is 10.6 Å². The molecule has 5 nitrogen and oxygen atoms in total. The van der Waals surface area contributed by atoms with E-state index in [1.807, 2.05) is 0 Å². The first-order chi connectivity index (χ1) is 5.61. The quantitative estimate of drug-likeness (QED) is 0.484. The maximum Gasteiger partial charge on any atom is 0.239 e. The molecule has 0 radical (unpaired) electrons. The molecule has 1 atom stereocenters. The molecule has 1 unspecified atom stereocenters. The van der Waals surface area contributed by atoms with Crippen LogP contribution in [0.1, 0.15) is 13.3 Å². The Hall–Kier alpha value is -1.39. The van der Waals surface area contributed by atoms with Gasteiger partial charge < -0.3 is 5.32 Å². The third-order valence-electron chi connectivity index (χ3n) is 1.66. The third kappa shape index (κ3) is 1.81. The summed E-state index contributed by atoms with van der Waals surface area (Å²) in [7, 11) is 0. The molecule has 0 aromatic heterocycles. The molecule has 5 heteroatoms. The summed E-state index contributed by atoms with van der Waals surface area (Å²) in [4.78, 5) is 32.4. The smallest absolute Gasteiger partial charge is 0.239 e. The molecule has 3 amide bonds. The zero-order valence-corrected chi connectivity index (χ0v) is 6.72. The molecular formula is C7H10N2O3. The molecule has 12 heavy (non-hydrogen) atoms. The lowest BCUT2D eigenvalue weighted by Crippen LogP contribution is -2.37. The Kier molecular flexibility index (Phi) is 2.42. The second kappa shape index (κ2) is 3.34. The van der Waals surface area contributed by atoms with Crippen LogP contribution in [-0.4, -0.2) is 24.3 Å². The van der Waals surface area contributed by atoms with E-state index in [9.17, 15) is 14.4 Å². The van der Waals surface area contributed by atoms with E-state index < -0.39 is 17.7 Å². The molecule has 1 aliphatic rings. The summed E-state index contributed by atoms with van der Waals surface area (Å²) in [5, 5.41) is 4.59. The second-order valence-corrected chi connectivity index (χ2v) is 2.68. The third-order valence-corrected chi connectivity index (χ3v) is 1.66. The zero-order valence-electron chi connectivity index (χ0n) is 6.72. The molecule has 66 valence electrons. The number of imide groups is 1. The highest BCUT2D eigenvalue weighted by Crippen LogP contribution is 2.08. The first-order valence-corrected chi connectivity index (χ1v) is 3.70. The second-order valence-electron chi connectivity index (χ2n) is 2.68. The molecule has 0 saturated carbocycles. The fraction of sp³-hybridized carbons (Fsp3) is 0.571. The van der Waals surface area contributed by atoms with E-state index in [4.69, 9.17) is 0 Å². The SMILES string of the molecule is CC(=O)NC(=O)C1CCNC1=O. The standard InChI is InChI=1S/C7H10N2O3/c1-4(10)9-7(12)5-2-3-8-6(5)11/h5H,2-3H2,1H3,(H,8,11)(H,9,10,12).